The van der Waals surface area contributed by atoms with Crippen molar-refractivity contribution >= 4 is 0 Å². The Bertz CT molecular complexity index is 354. The lowest BCUT2D eigenvalue weighted by atomic mass is 9.98. The quantitative estimate of drug-likeness (QED) is 0.490. The highest BCUT2D eigenvalue weighted by Gasteiger charge is 2.11. The van der Waals surface area contributed by atoms with Gasteiger partial charge in [0.05, 0.1) is 0 Å². The maximum atomic E-state index is 2.40. The van der Waals surface area contributed by atoms with Gasteiger partial charge in [0.2, 0.25) is 0 Å². The lowest BCUT2D eigenvalue weighted by Crippen LogP contribution is -2.30. The van der Waals surface area contributed by atoms with Crippen molar-refractivity contribution in [2.75, 3.05) is 14.1 Å². The molecule has 3 nitrogen and oxygen atoms in total. The molecule has 4 N–H and O–H groups in total. The van der Waals surface area contributed by atoms with E-state index in [0.29, 0.717) is 6.04 Å². The molecule has 1 rings (SSSR count). The molecule has 3 heteroatoms. The molecule has 0 heterocycles. The Morgan fingerprint density at radius 2 is 1.25 bits per heavy atom. The van der Waals surface area contributed by atoms with Gasteiger partial charge in [-0.2, -0.15) is 0 Å². The molecular formula is C21H41NO2. The molecule has 0 aliphatic rings. The van der Waals surface area contributed by atoms with E-state index >= 15 is 0 Å². The molecule has 1 atom stereocenters. The highest BCUT2D eigenvalue weighted by Crippen LogP contribution is 2.15. The van der Waals surface area contributed by atoms with Gasteiger partial charge in [0.25, 0.3) is 0 Å². The topological polar surface area (TPSA) is 66.2 Å². The summed E-state index contributed by atoms with van der Waals surface area (Å²) in [6, 6.07) is 11.6. The van der Waals surface area contributed by atoms with Crippen molar-refractivity contribution in [3.05, 3.63) is 35.9 Å². The van der Waals surface area contributed by atoms with Gasteiger partial charge in [-0.05, 0) is 32.5 Å². The summed E-state index contributed by atoms with van der Waals surface area (Å²) in [6.07, 6.45) is 15.3. The first-order chi connectivity index (χ1) is 10.7. The number of unbranched alkanes of at least 4 members (excludes halogenated alkanes) is 8. The van der Waals surface area contributed by atoms with Crippen LogP contribution < -0.4 is 0 Å². The molecule has 0 fully saturated rings. The Labute approximate surface area is 150 Å². The van der Waals surface area contributed by atoms with E-state index in [1.807, 2.05) is 0 Å². The fraction of sp³-hybridized carbons (Fsp3) is 0.714. The van der Waals surface area contributed by atoms with Gasteiger partial charge in [0.1, 0.15) is 0 Å². The van der Waals surface area contributed by atoms with Gasteiger partial charge < -0.3 is 15.9 Å². The van der Waals surface area contributed by atoms with Crippen LogP contribution in [0.4, 0.5) is 0 Å². The van der Waals surface area contributed by atoms with Crippen molar-refractivity contribution in [1.29, 1.82) is 0 Å². The van der Waals surface area contributed by atoms with Crippen LogP contribution in [0, 0.1) is 0 Å². The average molecular weight is 340 g/mol. The van der Waals surface area contributed by atoms with Gasteiger partial charge in [-0.1, -0.05) is 95.0 Å². The number of hydrogen-bond donors (Lipinski definition) is 0. The number of likely N-dealkylation sites (N-methyl/N-ethyl adjacent to an activating group) is 1. The molecule has 0 aromatic heterocycles. The van der Waals surface area contributed by atoms with E-state index in [2.05, 4.69) is 56.3 Å². The van der Waals surface area contributed by atoms with Gasteiger partial charge in [-0.3, -0.25) is 0 Å². The largest absolute Gasteiger partial charge is 0.412 e. The lowest BCUT2D eigenvalue weighted by Gasteiger charge is -2.24. The summed E-state index contributed by atoms with van der Waals surface area (Å²) >= 11 is 0. The third kappa shape index (κ3) is 12.5. The maximum Gasteiger partial charge on any atom is 0.0130 e. The zero-order valence-electron chi connectivity index (χ0n) is 16.2. The van der Waals surface area contributed by atoms with Crippen LogP contribution in [0.5, 0.6) is 0 Å². The molecule has 1 unspecified atom stereocenters. The van der Waals surface area contributed by atoms with Gasteiger partial charge in [0.15, 0.2) is 0 Å². The fourth-order valence-corrected chi connectivity index (χ4v) is 3.12. The first kappa shape index (κ1) is 25.3. The molecule has 142 valence electrons. The van der Waals surface area contributed by atoms with Crippen LogP contribution in [-0.4, -0.2) is 36.0 Å². The lowest BCUT2D eigenvalue weighted by molar-refractivity contribution is 0.269. The fourth-order valence-electron chi connectivity index (χ4n) is 3.12. The third-order valence-corrected chi connectivity index (χ3v) is 4.69. The van der Waals surface area contributed by atoms with Crippen molar-refractivity contribution in [1.82, 2.24) is 4.90 Å². The van der Waals surface area contributed by atoms with E-state index in [-0.39, 0.29) is 11.0 Å². The second kappa shape index (κ2) is 16.9. The minimum atomic E-state index is 0. The minimum Gasteiger partial charge on any atom is -0.412 e. The van der Waals surface area contributed by atoms with Gasteiger partial charge in [-0.15, -0.1) is 0 Å². The molecule has 1 aromatic carbocycles. The maximum absolute atomic E-state index is 2.40. The average Bonchev–Trinajstić information content (AvgIpc) is 2.53. The summed E-state index contributed by atoms with van der Waals surface area (Å²) in [5.74, 6) is 0. The standard InChI is InChI=1S/C21H37N.2H2O/c1-4-5-6-7-8-9-10-11-15-18-21(22(2)3)19-20-16-13-12-14-17-20;;/h12-14,16-17,21H,4-11,15,18-19H2,1-3H3;2*1H2. The summed E-state index contributed by atoms with van der Waals surface area (Å²) in [7, 11) is 4.45. The highest BCUT2D eigenvalue weighted by atomic mass is 16.0. The van der Waals surface area contributed by atoms with Crippen molar-refractivity contribution < 1.29 is 11.0 Å². The summed E-state index contributed by atoms with van der Waals surface area (Å²) in [4.78, 5) is 2.40. The first-order valence-corrected chi connectivity index (χ1v) is 9.44. The molecule has 0 saturated heterocycles. The van der Waals surface area contributed by atoms with Crippen LogP contribution in [0.25, 0.3) is 0 Å². The predicted octanol–water partition coefficient (Wildman–Crippen LogP) is 4.43. The number of rotatable bonds is 13. The van der Waals surface area contributed by atoms with Crippen molar-refractivity contribution in [3.8, 4) is 0 Å². The smallest absolute Gasteiger partial charge is 0.0130 e. The minimum absolute atomic E-state index is 0. The van der Waals surface area contributed by atoms with Crippen LogP contribution in [0.15, 0.2) is 30.3 Å². The van der Waals surface area contributed by atoms with E-state index in [1.165, 1.54) is 76.2 Å². The number of nitrogens with zero attached hydrogens (tertiary/aromatic N) is 1. The van der Waals surface area contributed by atoms with Crippen LogP contribution in [0.2, 0.25) is 0 Å². The summed E-state index contributed by atoms with van der Waals surface area (Å²) in [6.45, 7) is 2.29. The monoisotopic (exact) mass is 339 g/mol. The van der Waals surface area contributed by atoms with Crippen LogP contribution >= 0.6 is 0 Å². The second-order valence-corrected chi connectivity index (χ2v) is 6.92. The Balaban J connectivity index is 0. The van der Waals surface area contributed by atoms with Crippen LogP contribution in [0.1, 0.15) is 76.7 Å². The van der Waals surface area contributed by atoms with E-state index in [9.17, 15) is 0 Å². The Morgan fingerprint density at radius 1 is 0.750 bits per heavy atom. The molecule has 1 aromatic rings. The number of benzene rings is 1. The molecule has 0 aliphatic carbocycles. The normalized spacial score (nSPS) is 11.7. The molecule has 0 spiro atoms. The number of hydrogen-bond acceptors (Lipinski definition) is 1. The van der Waals surface area contributed by atoms with Crippen molar-refractivity contribution in [2.45, 2.75) is 83.6 Å². The van der Waals surface area contributed by atoms with E-state index in [1.54, 1.807) is 0 Å². The molecule has 0 amide bonds. The SMILES string of the molecule is CCCCCCCCCCCC(Cc1ccccc1)N(C)C.O.O. The van der Waals surface area contributed by atoms with Crippen molar-refractivity contribution in [3.63, 3.8) is 0 Å². The van der Waals surface area contributed by atoms with E-state index in [0.717, 1.165) is 0 Å². The third-order valence-electron chi connectivity index (χ3n) is 4.69. The second-order valence-electron chi connectivity index (χ2n) is 6.92. The Morgan fingerprint density at radius 3 is 1.75 bits per heavy atom. The first-order valence-electron chi connectivity index (χ1n) is 9.44. The Hall–Kier alpha value is -0.900. The molecule has 0 saturated carbocycles. The van der Waals surface area contributed by atoms with Crippen LogP contribution in [-0.2, 0) is 6.42 Å². The van der Waals surface area contributed by atoms with Gasteiger partial charge >= 0.3 is 0 Å². The molecular weight excluding hydrogens is 298 g/mol. The molecule has 0 radical (unpaired) electrons. The van der Waals surface area contributed by atoms with E-state index < -0.39 is 0 Å². The Kier molecular flexibility index (Phi) is 17.9. The van der Waals surface area contributed by atoms with Gasteiger partial charge in [-0.25, -0.2) is 0 Å². The highest BCUT2D eigenvalue weighted by molar-refractivity contribution is 5.15. The van der Waals surface area contributed by atoms with Crippen molar-refractivity contribution in [2.24, 2.45) is 0 Å². The summed E-state index contributed by atoms with van der Waals surface area (Å²) in [5.41, 5.74) is 1.47. The predicted molar refractivity (Wildman–Crippen MR) is 107 cm³/mol. The van der Waals surface area contributed by atoms with E-state index in [4.69, 9.17) is 0 Å². The molecule has 0 bridgehead atoms. The van der Waals surface area contributed by atoms with Crippen LogP contribution in [0.3, 0.4) is 0 Å². The summed E-state index contributed by atoms with van der Waals surface area (Å²) < 4.78 is 0. The summed E-state index contributed by atoms with van der Waals surface area (Å²) in [5, 5.41) is 0. The van der Waals surface area contributed by atoms with Gasteiger partial charge in [0, 0.05) is 6.04 Å². The molecule has 24 heavy (non-hydrogen) atoms. The molecule has 0 aliphatic heterocycles. The zero-order chi connectivity index (χ0) is 16.0. The zero-order valence-corrected chi connectivity index (χ0v) is 16.2.